The Balaban J connectivity index is 1.74. The number of carbonyl (C=O) groups excluding carboxylic acids is 2. The molecule has 0 fully saturated rings. The first-order valence-corrected chi connectivity index (χ1v) is 11.3. The lowest BCUT2D eigenvalue weighted by molar-refractivity contribution is -0.140. The summed E-state index contributed by atoms with van der Waals surface area (Å²) < 4.78 is 0. The predicted octanol–water partition coefficient (Wildman–Crippen LogP) is 5.92. The van der Waals surface area contributed by atoms with Crippen molar-refractivity contribution >= 4 is 46.6 Å². The van der Waals surface area contributed by atoms with E-state index in [1.54, 1.807) is 42.2 Å². The third-order valence-electron chi connectivity index (χ3n) is 5.10. The van der Waals surface area contributed by atoms with Crippen LogP contribution >= 0.6 is 34.8 Å². The van der Waals surface area contributed by atoms with Gasteiger partial charge in [-0.2, -0.15) is 0 Å². The van der Waals surface area contributed by atoms with Gasteiger partial charge in [0, 0.05) is 28.2 Å². The average molecular weight is 490 g/mol. The highest BCUT2D eigenvalue weighted by Crippen LogP contribution is 2.21. The van der Waals surface area contributed by atoms with E-state index in [1.807, 2.05) is 42.5 Å². The van der Waals surface area contributed by atoms with Crippen LogP contribution in [0, 0.1) is 0 Å². The second-order valence-corrected chi connectivity index (χ2v) is 8.72. The second kappa shape index (κ2) is 11.4. The van der Waals surface area contributed by atoms with Crippen molar-refractivity contribution in [3.63, 3.8) is 0 Å². The molecule has 1 N–H and O–H groups in total. The van der Waals surface area contributed by atoms with Gasteiger partial charge >= 0.3 is 0 Å². The minimum Gasteiger partial charge on any atom is -0.350 e. The Kier molecular flexibility index (Phi) is 8.57. The van der Waals surface area contributed by atoms with Crippen molar-refractivity contribution in [2.75, 3.05) is 0 Å². The topological polar surface area (TPSA) is 49.4 Å². The molecular formula is C25H23Cl3N2O2. The highest BCUT2D eigenvalue weighted by atomic mass is 35.5. The van der Waals surface area contributed by atoms with Crippen LogP contribution in [0.15, 0.2) is 72.8 Å². The smallest absolute Gasteiger partial charge is 0.242 e. The zero-order valence-corrected chi connectivity index (χ0v) is 19.8. The normalized spacial score (nSPS) is 11.6. The highest BCUT2D eigenvalue weighted by Gasteiger charge is 2.26. The van der Waals surface area contributed by atoms with Gasteiger partial charge in [-0.15, -0.1) is 0 Å². The number of hydrogen-bond acceptors (Lipinski definition) is 2. The minimum atomic E-state index is -0.687. The van der Waals surface area contributed by atoms with Crippen molar-refractivity contribution in [2.24, 2.45) is 0 Å². The van der Waals surface area contributed by atoms with Crippen LogP contribution in [-0.4, -0.2) is 22.8 Å². The maximum atomic E-state index is 13.2. The van der Waals surface area contributed by atoms with Crippen molar-refractivity contribution in [3.8, 4) is 0 Å². The van der Waals surface area contributed by atoms with Gasteiger partial charge in [0.25, 0.3) is 0 Å². The zero-order valence-electron chi connectivity index (χ0n) is 17.5. The van der Waals surface area contributed by atoms with Gasteiger partial charge in [-0.1, -0.05) is 83.3 Å². The van der Waals surface area contributed by atoms with Crippen molar-refractivity contribution in [2.45, 2.75) is 32.5 Å². The number of hydrogen-bond donors (Lipinski definition) is 1. The molecule has 0 bridgehead atoms. The Hall–Kier alpha value is -2.53. The molecule has 7 heteroatoms. The van der Waals surface area contributed by atoms with E-state index in [-0.39, 0.29) is 24.8 Å². The number of nitrogens with one attached hydrogen (secondary N) is 1. The summed E-state index contributed by atoms with van der Waals surface area (Å²) in [5, 5.41) is 4.49. The fourth-order valence-electron chi connectivity index (χ4n) is 3.24. The zero-order chi connectivity index (χ0) is 23.1. The third kappa shape index (κ3) is 6.73. The summed E-state index contributed by atoms with van der Waals surface area (Å²) in [6, 6.07) is 21.1. The Morgan fingerprint density at radius 1 is 0.875 bits per heavy atom. The molecule has 3 aromatic rings. The van der Waals surface area contributed by atoms with E-state index in [1.165, 1.54) is 0 Å². The molecule has 4 nitrogen and oxygen atoms in total. The van der Waals surface area contributed by atoms with Crippen molar-refractivity contribution in [1.29, 1.82) is 0 Å². The lowest BCUT2D eigenvalue weighted by atomic mass is 10.1. The van der Waals surface area contributed by atoms with Gasteiger partial charge in [-0.05, 0) is 47.9 Å². The predicted molar refractivity (Wildman–Crippen MR) is 130 cm³/mol. The van der Waals surface area contributed by atoms with Crippen molar-refractivity contribution in [3.05, 3.63) is 105 Å². The first kappa shape index (κ1) is 24.1. The van der Waals surface area contributed by atoms with Gasteiger partial charge in [-0.25, -0.2) is 0 Å². The Morgan fingerprint density at radius 2 is 1.53 bits per heavy atom. The molecule has 0 aliphatic rings. The Labute approximate surface area is 203 Å². The molecule has 32 heavy (non-hydrogen) atoms. The van der Waals surface area contributed by atoms with Crippen LogP contribution in [0.25, 0.3) is 0 Å². The van der Waals surface area contributed by atoms with Gasteiger partial charge in [0.2, 0.25) is 11.8 Å². The summed E-state index contributed by atoms with van der Waals surface area (Å²) in [6.07, 6.45) is 0.203. The molecule has 3 rings (SSSR count). The number of rotatable bonds is 8. The number of nitrogens with zero attached hydrogens (tertiary/aromatic N) is 1. The molecule has 0 unspecified atom stereocenters. The van der Waals surface area contributed by atoms with Crippen molar-refractivity contribution in [1.82, 2.24) is 10.2 Å². The molecule has 0 aromatic heterocycles. The van der Waals surface area contributed by atoms with Gasteiger partial charge in [0.15, 0.2) is 0 Å². The average Bonchev–Trinajstić information content (AvgIpc) is 2.78. The standard InChI is InChI=1S/C25H23Cl3N2O2/c1-17(25(32)29-15-20-9-12-22(27)14-23(20)28)30(16-19-7-10-21(26)11-8-19)24(31)13-18-5-3-2-4-6-18/h2-12,14,17H,13,15-16H2,1H3,(H,29,32)/t17-/m0/s1. The Bertz CT molecular complexity index is 1070. The molecule has 2 amide bonds. The van der Waals surface area contributed by atoms with Gasteiger partial charge in [0.1, 0.15) is 6.04 Å². The molecule has 0 saturated heterocycles. The second-order valence-electron chi connectivity index (χ2n) is 7.44. The molecule has 3 aromatic carbocycles. The quantitative estimate of drug-likeness (QED) is 0.427. The molecule has 0 aliphatic heterocycles. The summed E-state index contributed by atoms with van der Waals surface area (Å²) in [6.45, 7) is 2.25. The van der Waals surface area contributed by atoms with Crippen LogP contribution in [0.4, 0.5) is 0 Å². The van der Waals surface area contributed by atoms with E-state index in [9.17, 15) is 9.59 Å². The fourth-order valence-corrected chi connectivity index (χ4v) is 3.84. The molecule has 1 atom stereocenters. The SMILES string of the molecule is C[C@@H](C(=O)NCc1ccc(Cl)cc1Cl)N(Cc1ccc(Cl)cc1)C(=O)Cc1ccccc1. The van der Waals surface area contributed by atoms with Gasteiger partial charge in [0.05, 0.1) is 6.42 Å². The largest absolute Gasteiger partial charge is 0.350 e. The van der Waals surface area contributed by atoms with Crippen LogP contribution in [0.5, 0.6) is 0 Å². The first-order valence-electron chi connectivity index (χ1n) is 10.1. The van der Waals surface area contributed by atoms with E-state index in [0.717, 1.165) is 16.7 Å². The number of benzene rings is 3. The molecule has 0 heterocycles. The number of amides is 2. The Morgan fingerprint density at radius 3 is 2.19 bits per heavy atom. The van der Waals surface area contributed by atoms with Crippen LogP contribution < -0.4 is 5.32 Å². The van der Waals surface area contributed by atoms with E-state index < -0.39 is 6.04 Å². The summed E-state index contributed by atoms with van der Waals surface area (Å²) in [5.74, 6) is -0.412. The monoisotopic (exact) mass is 488 g/mol. The molecule has 0 aliphatic carbocycles. The van der Waals surface area contributed by atoms with Crippen molar-refractivity contribution < 1.29 is 9.59 Å². The van der Waals surface area contributed by atoms with E-state index >= 15 is 0 Å². The van der Waals surface area contributed by atoms with Crippen LogP contribution in [0.2, 0.25) is 15.1 Å². The molecule has 0 saturated carbocycles. The van der Waals surface area contributed by atoms with Gasteiger partial charge < -0.3 is 10.2 Å². The number of carbonyl (C=O) groups is 2. The maximum Gasteiger partial charge on any atom is 0.242 e. The minimum absolute atomic E-state index is 0.140. The summed E-state index contributed by atoms with van der Waals surface area (Å²) in [4.78, 5) is 27.7. The summed E-state index contributed by atoms with van der Waals surface area (Å²) in [5.41, 5.74) is 2.52. The lowest BCUT2D eigenvalue weighted by Crippen LogP contribution is -2.48. The first-order chi connectivity index (χ1) is 15.3. The summed E-state index contributed by atoms with van der Waals surface area (Å²) in [7, 11) is 0. The van der Waals surface area contributed by atoms with Gasteiger partial charge in [-0.3, -0.25) is 9.59 Å². The van der Waals surface area contributed by atoms with Crippen LogP contribution in [0.1, 0.15) is 23.6 Å². The molecular weight excluding hydrogens is 467 g/mol. The lowest BCUT2D eigenvalue weighted by Gasteiger charge is -2.29. The third-order valence-corrected chi connectivity index (χ3v) is 5.94. The van der Waals surface area contributed by atoms with E-state index in [4.69, 9.17) is 34.8 Å². The fraction of sp³-hybridized carbons (Fsp3) is 0.200. The van der Waals surface area contributed by atoms with Crippen LogP contribution in [0.3, 0.4) is 0 Å². The number of halogens is 3. The van der Waals surface area contributed by atoms with E-state index in [2.05, 4.69) is 5.32 Å². The molecule has 0 spiro atoms. The van der Waals surface area contributed by atoms with Crippen LogP contribution in [-0.2, 0) is 29.1 Å². The molecule has 166 valence electrons. The summed E-state index contributed by atoms with van der Waals surface area (Å²) >= 11 is 18.1. The highest BCUT2D eigenvalue weighted by molar-refractivity contribution is 6.35. The molecule has 0 radical (unpaired) electrons. The maximum absolute atomic E-state index is 13.2. The van der Waals surface area contributed by atoms with E-state index in [0.29, 0.717) is 21.6 Å².